The van der Waals surface area contributed by atoms with E-state index in [1.54, 1.807) is 18.2 Å². The normalized spacial score (nSPS) is 23.3. The predicted octanol–water partition coefficient (Wildman–Crippen LogP) is 3.59. The van der Waals surface area contributed by atoms with E-state index in [4.69, 9.17) is 32.7 Å². The molecule has 5 nitrogen and oxygen atoms in total. The van der Waals surface area contributed by atoms with Crippen molar-refractivity contribution in [3.63, 3.8) is 0 Å². The fourth-order valence-electron chi connectivity index (χ4n) is 3.34. The maximum atomic E-state index is 12.5. The van der Waals surface area contributed by atoms with E-state index in [9.17, 15) is 4.79 Å². The van der Waals surface area contributed by atoms with Crippen LogP contribution in [0.3, 0.4) is 0 Å². The average Bonchev–Trinajstić information content (AvgIpc) is 3.25. The molecule has 2 fully saturated rings. The van der Waals surface area contributed by atoms with Crippen LogP contribution in [0.2, 0.25) is 10.0 Å². The molecule has 25 heavy (non-hydrogen) atoms. The summed E-state index contributed by atoms with van der Waals surface area (Å²) in [5.74, 6) is -0.111. The minimum atomic E-state index is -0.111. The average molecular weight is 387 g/mol. The van der Waals surface area contributed by atoms with Crippen LogP contribution in [0.25, 0.3) is 0 Å². The van der Waals surface area contributed by atoms with Crippen LogP contribution >= 0.6 is 23.2 Å². The lowest BCUT2D eigenvalue weighted by molar-refractivity contribution is -0.118. The molecule has 2 heterocycles. The monoisotopic (exact) mass is 386 g/mol. The molecule has 1 N–H and O–H groups in total. The van der Waals surface area contributed by atoms with Crippen molar-refractivity contribution in [1.29, 1.82) is 0 Å². The molecule has 1 aromatic carbocycles. The first kappa shape index (κ1) is 18.9. The Morgan fingerprint density at radius 1 is 1.12 bits per heavy atom. The molecule has 2 aliphatic heterocycles. The zero-order chi connectivity index (χ0) is 17.6. The first-order valence-electron chi connectivity index (χ1n) is 8.80. The molecule has 138 valence electrons. The maximum absolute atomic E-state index is 12.5. The van der Waals surface area contributed by atoms with Gasteiger partial charge in [0.25, 0.3) is 0 Å². The van der Waals surface area contributed by atoms with Crippen molar-refractivity contribution in [1.82, 2.24) is 4.90 Å². The van der Waals surface area contributed by atoms with Crippen LogP contribution in [-0.2, 0) is 14.3 Å². The molecule has 2 aliphatic rings. The van der Waals surface area contributed by atoms with E-state index in [1.165, 1.54) is 0 Å². The fraction of sp³-hybridized carbons (Fsp3) is 0.611. The van der Waals surface area contributed by atoms with E-state index in [2.05, 4.69) is 10.2 Å². The number of nitrogens with zero attached hydrogens (tertiary/aromatic N) is 1. The molecule has 0 aliphatic carbocycles. The molecule has 1 aromatic rings. The Morgan fingerprint density at radius 2 is 1.76 bits per heavy atom. The van der Waals surface area contributed by atoms with Crippen molar-refractivity contribution in [2.75, 3.05) is 38.2 Å². The molecule has 7 heteroatoms. The minimum Gasteiger partial charge on any atom is -0.377 e. The van der Waals surface area contributed by atoms with E-state index in [0.29, 0.717) is 15.7 Å². The molecule has 0 saturated carbocycles. The molecule has 1 amide bonds. The summed E-state index contributed by atoms with van der Waals surface area (Å²) in [4.78, 5) is 14.6. The molecule has 0 aromatic heterocycles. The standard InChI is InChI=1S/C18H24Cl2N2O3/c19-13-5-6-16(20)17(9-13)21-18(23)12-22(10-14-3-1-7-24-14)11-15-4-2-8-25-15/h5-6,9,14-15H,1-4,7-8,10-12H2,(H,21,23)/t14-,15-/m1/s1. The van der Waals surface area contributed by atoms with E-state index in [1.807, 2.05) is 0 Å². The Hall–Kier alpha value is -0.850. The van der Waals surface area contributed by atoms with Gasteiger partial charge in [-0.15, -0.1) is 0 Å². The summed E-state index contributed by atoms with van der Waals surface area (Å²) in [5, 5.41) is 3.86. The van der Waals surface area contributed by atoms with Gasteiger partial charge in [0, 0.05) is 31.3 Å². The van der Waals surface area contributed by atoms with Crippen molar-refractivity contribution < 1.29 is 14.3 Å². The summed E-state index contributed by atoms with van der Waals surface area (Å²) in [6, 6.07) is 5.03. The van der Waals surface area contributed by atoms with Crippen molar-refractivity contribution in [3.05, 3.63) is 28.2 Å². The summed E-state index contributed by atoms with van der Waals surface area (Å²) in [6.45, 7) is 3.39. The number of benzene rings is 1. The first-order valence-corrected chi connectivity index (χ1v) is 9.56. The Kier molecular flexibility index (Phi) is 6.96. The molecular weight excluding hydrogens is 363 g/mol. The largest absolute Gasteiger partial charge is 0.377 e. The summed E-state index contributed by atoms with van der Waals surface area (Å²) in [6.07, 6.45) is 4.66. The van der Waals surface area contributed by atoms with Gasteiger partial charge in [0.05, 0.1) is 29.5 Å². The van der Waals surface area contributed by atoms with Gasteiger partial charge in [0.15, 0.2) is 0 Å². The van der Waals surface area contributed by atoms with E-state index in [-0.39, 0.29) is 24.7 Å². The number of anilines is 1. The molecule has 0 bridgehead atoms. The number of amides is 1. The second-order valence-corrected chi connectivity index (χ2v) is 7.48. The Bertz CT molecular complexity index is 570. The second-order valence-electron chi connectivity index (χ2n) is 6.64. The highest BCUT2D eigenvalue weighted by Crippen LogP contribution is 2.25. The molecule has 2 saturated heterocycles. The lowest BCUT2D eigenvalue weighted by atomic mass is 10.2. The number of rotatable bonds is 7. The van der Waals surface area contributed by atoms with Gasteiger partial charge in [0.1, 0.15) is 0 Å². The molecule has 0 radical (unpaired) electrons. The van der Waals surface area contributed by atoms with Gasteiger partial charge >= 0.3 is 0 Å². The summed E-state index contributed by atoms with van der Waals surface area (Å²) < 4.78 is 11.5. The number of carbonyl (C=O) groups is 1. The zero-order valence-corrected chi connectivity index (χ0v) is 15.7. The number of nitrogens with one attached hydrogen (secondary N) is 1. The van der Waals surface area contributed by atoms with Crippen molar-refractivity contribution in [3.8, 4) is 0 Å². The molecule has 0 unspecified atom stereocenters. The van der Waals surface area contributed by atoms with Gasteiger partial charge in [0.2, 0.25) is 5.91 Å². The highest BCUT2D eigenvalue weighted by atomic mass is 35.5. The van der Waals surface area contributed by atoms with Crippen LogP contribution in [-0.4, -0.2) is 55.9 Å². The Labute approximate surface area is 158 Å². The smallest absolute Gasteiger partial charge is 0.238 e. The Morgan fingerprint density at radius 3 is 2.32 bits per heavy atom. The van der Waals surface area contributed by atoms with Gasteiger partial charge in [-0.3, -0.25) is 9.69 Å². The van der Waals surface area contributed by atoms with Crippen LogP contribution < -0.4 is 5.32 Å². The highest BCUT2D eigenvalue weighted by Gasteiger charge is 2.25. The van der Waals surface area contributed by atoms with Gasteiger partial charge in [-0.05, 0) is 43.9 Å². The highest BCUT2D eigenvalue weighted by molar-refractivity contribution is 6.35. The Balaban J connectivity index is 1.58. The van der Waals surface area contributed by atoms with Crippen molar-refractivity contribution >= 4 is 34.8 Å². The van der Waals surface area contributed by atoms with E-state index >= 15 is 0 Å². The van der Waals surface area contributed by atoms with E-state index in [0.717, 1.165) is 52.0 Å². The second kappa shape index (κ2) is 9.19. The van der Waals surface area contributed by atoms with Gasteiger partial charge in [-0.2, -0.15) is 0 Å². The molecule has 2 atom stereocenters. The first-order chi connectivity index (χ1) is 12.1. The van der Waals surface area contributed by atoms with Crippen LogP contribution in [0.1, 0.15) is 25.7 Å². The van der Waals surface area contributed by atoms with Crippen LogP contribution in [0.5, 0.6) is 0 Å². The molecule has 3 rings (SSSR count). The maximum Gasteiger partial charge on any atom is 0.238 e. The SMILES string of the molecule is O=C(CN(C[C@H]1CCCO1)C[C@H]1CCCO1)Nc1cc(Cl)ccc1Cl. The van der Waals surface area contributed by atoms with Crippen LogP contribution in [0.4, 0.5) is 5.69 Å². The van der Waals surface area contributed by atoms with E-state index < -0.39 is 0 Å². The van der Waals surface area contributed by atoms with Crippen LogP contribution in [0.15, 0.2) is 18.2 Å². The predicted molar refractivity (Wildman–Crippen MR) is 99.5 cm³/mol. The van der Waals surface area contributed by atoms with Crippen LogP contribution in [0, 0.1) is 0 Å². The number of hydrogen-bond acceptors (Lipinski definition) is 4. The number of ether oxygens (including phenoxy) is 2. The number of carbonyl (C=O) groups excluding carboxylic acids is 1. The third-order valence-corrected chi connectivity index (χ3v) is 5.11. The van der Waals surface area contributed by atoms with Gasteiger partial charge in [-0.1, -0.05) is 23.2 Å². The van der Waals surface area contributed by atoms with Gasteiger partial charge in [-0.25, -0.2) is 0 Å². The number of halogens is 2. The third kappa shape index (κ3) is 5.83. The number of hydrogen-bond donors (Lipinski definition) is 1. The molecular formula is C18H24Cl2N2O3. The minimum absolute atomic E-state index is 0.111. The lowest BCUT2D eigenvalue weighted by Crippen LogP contribution is -2.42. The fourth-order valence-corrected chi connectivity index (χ4v) is 3.68. The van der Waals surface area contributed by atoms with Gasteiger partial charge < -0.3 is 14.8 Å². The van der Waals surface area contributed by atoms with Crippen molar-refractivity contribution in [2.45, 2.75) is 37.9 Å². The topological polar surface area (TPSA) is 50.8 Å². The summed E-state index contributed by atoms with van der Waals surface area (Å²) in [5.41, 5.74) is 0.536. The van der Waals surface area contributed by atoms with Crippen molar-refractivity contribution in [2.24, 2.45) is 0 Å². The zero-order valence-electron chi connectivity index (χ0n) is 14.2. The third-order valence-electron chi connectivity index (χ3n) is 4.54. The summed E-state index contributed by atoms with van der Waals surface area (Å²) in [7, 11) is 0. The quantitative estimate of drug-likeness (QED) is 0.777. The summed E-state index contributed by atoms with van der Waals surface area (Å²) >= 11 is 12.1. The lowest BCUT2D eigenvalue weighted by Gasteiger charge is -2.27. The molecule has 0 spiro atoms.